The average Bonchev–Trinajstić information content (AvgIpc) is 3.03. The van der Waals surface area contributed by atoms with E-state index in [1.165, 1.54) is 18.2 Å². The van der Waals surface area contributed by atoms with Gasteiger partial charge in [-0.25, -0.2) is 9.18 Å². The molecule has 0 bridgehead atoms. The molecule has 1 aromatic carbocycles. The molecule has 92 valence electrons. The molecule has 0 atom stereocenters. The molecule has 2 N–H and O–H groups in total. The summed E-state index contributed by atoms with van der Waals surface area (Å²) in [7, 11) is 0. The lowest BCUT2D eigenvalue weighted by atomic mass is 9.97. The summed E-state index contributed by atoms with van der Waals surface area (Å²) in [6.07, 6.45) is 2.22. The Morgan fingerprint density at radius 1 is 1.47 bits per heavy atom. The number of nitrogens with one attached hydrogen (secondary N) is 1. The first-order valence-electron chi connectivity index (χ1n) is 5.72. The Morgan fingerprint density at radius 2 is 2.12 bits per heavy atom. The van der Waals surface area contributed by atoms with Gasteiger partial charge in [0.05, 0.1) is 11.3 Å². The first-order valence-corrected chi connectivity index (χ1v) is 5.72. The van der Waals surface area contributed by atoms with Gasteiger partial charge in [0.1, 0.15) is 5.82 Å². The van der Waals surface area contributed by atoms with Crippen molar-refractivity contribution in [1.29, 1.82) is 0 Å². The highest BCUT2D eigenvalue weighted by atomic mass is 19.1. The van der Waals surface area contributed by atoms with E-state index in [1.54, 1.807) is 0 Å². The van der Waals surface area contributed by atoms with E-state index in [9.17, 15) is 9.18 Å². The lowest BCUT2D eigenvalue weighted by Gasteiger charge is -2.28. The number of halogens is 1. The number of hydrogen-bond acceptors (Lipinski definition) is 2. The Kier molecular flexibility index (Phi) is 2.81. The van der Waals surface area contributed by atoms with Crippen LogP contribution in [0.3, 0.4) is 0 Å². The van der Waals surface area contributed by atoms with Crippen molar-refractivity contribution in [3.8, 4) is 0 Å². The van der Waals surface area contributed by atoms with Gasteiger partial charge >= 0.3 is 5.97 Å². The summed E-state index contributed by atoms with van der Waals surface area (Å²) in [6.45, 7) is 3.95. The molecule has 0 aliphatic heterocycles. The Hall–Kier alpha value is -1.58. The van der Waals surface area contributed by atoms with Crippen molar-refractivity contribution in [2.75, 3.05) is 5.32 Å². The molecular formula is C13H16FNO2. The van der Waals surface area contributed by atoms with Crippen LogP contribution in [0.25, 0.3) is 0 Å². The fourth-order valence-corrected chi connectivity index (χ4v) is 2.06. The highest BCUT2D eigenvalue weighted by Gasteiger charge is 2.38. The second-order valence-electron chi connectivity index (χ2n) is 5.09. The zero-order valence-corrected chi connectivity index (χ0v) is 9.96. The summed E-state index contributed by atoms with van der Waals surface area (Å²) in [6, 6.07) is 4.10. The van der Waals surface area contributed by atoms with Crippen LogP contribution in [0, 0.1) is 11.7 Å². The number of anilines is 1. The maximum atomic E-state index is 13.7. The Morgan fingerprint density at radius 3 is 2.65 bits per heavy atom. The summed E-state index contributed by atoms with van der Waals surface area (Å²) in [5, 5.41) is 12.1. The molecule has 17 heavy (non-hydrogen) atoms. The molecule has 1 saturated carbocycles. The van der Waals surface area contributed by atoms with Crippen LogP contribution in [0.15, 0.2) is 18.2 Å². The highest BCUT2D eigenvalue weighted by Crippen LogP contribution is 2.41. The lowest BCUT2D eigenvalue weighted by molar-refractivity contribution is 0.0697. The van der Waals surface area contributed by atoms with E-state index in [0.717, 1.165) is 12.8 Å². The first kappa shape index (κ1) is 11.9. The Balaban J connectivity index is 2.33. The smallest absolute Gasteiger partial charge is 0.337 e. The number of carboxylic acids is 1. The van der Waals surface area contributed by atoms with E-state index in [4.69, 9.17) is 5.11 Å². The van der Waals surface area contributed by atoms with Crippen LogP contribution in [-0.4, -0.2) is 16.6 Å². The second kappa shape index (κ2) is 4.02. The van der Waals surface area contributed by atoms with Gasteiger partial charge in [-0.2, -0.15) is 0 Å². The predicted molar refractivity (Wildman–Crippen MR) is 63.8 cm³/mol. The van der Waals surface area contributed by atoms with Gasteiger partial charge in [-0.15, -0.1) is 0 Å². The molecule has 0 spiro atoms. The van der Waals surface area contributed by atoms with Crippen molar-refractivity contribution in [2.24, 2.45) is 5.92 Å². The molecule has 1 aliphatic rings. The van der Waals surface area contributed by atoms with Gasteiger partial charge in [0, 0.05) is 5.54 Å². The summed E-state index contributed by atoms with van der Waals surface area (Å²) in [5.74, 6) is -1.14. The Labute approximate surface area is 99.7 Å². The minimum Gasteiger partial charge on any atom is -0.478 e. The number of carboxylic acid groups (broad SMARTS) is 1. The molecule has 0 heterocycles. The van der Waals surface area contributed by atoms with E-state index in [2.05, 4.69) is 5.32 Å². The molecule has 2 rings (SSSR count). The van der Waals surface area contributed by atoms with Crippen molar-refractivity contribution in [3.05, 3.63) is 29.6 Å². The van der Waals surface area contributed by atoms with Gasteiger partial charge in [-0.1, -0.05) is 6.07 Å². The molecule has 0 aromatic heterocycles. The van der Waals surface area contributed by atoms with Gasteiger partial charge in [0.15, 0.2) is 0 Å². The molecular weight excluding hydrogens is 221 g/mol. The topological polar surface area (TPSA) is 49.3 Å². The number of hydrogen-bond donors (Lipinski definition) is 2. The standard InChI is InChI=1S/C13H16FNO2/c1-13(2,8-6-7-8)15-11-9(12(16)17)4-3-5-10(11)14/h3-5,8,15H,6-7H2,1-2H3,(H,16,17). The van der Waals surface area contributed by atoms with E-state index >= 15 is 0 Å². The number of benzene rings is 1. The third-order valence-corrected chi connectivity index (χ3v) is 3.29. The minimum atomic E-state index is -1.11. The van der Waals surface area contributed by atoms with Crippen molar-refractivity contribution in [3.63, 3.8) is 0 Å². The third-order valence-electron chi connectivity index (χ3n) is 3.29. The number of aromatic carboxylic acids is 1. The van der Waals surface area contributed by atoms with Crippen LogP contribution >= 0.6 is 0 Å². The molecule has 0 amide bonds. The molecule has 1 aromatic rings. The molecule has 1 aliphatic carbocycles. The summed E-state index contributed by atoms with van der Waals surface area (Å²) >= 11 is 0. The normalized spacial score (nSPS) is 15.7. The minimum absolute atomic E-state index is 0.0151. The monoisotopic (exact) mass is 237 g/mol. The van der Waals surface area contributed by atoms with Gasteiger partial charge in [0.2, 0.25) is 0 Å². The fraction of sp³-hybridized carbons (Fsp3) is 0.462. The van der Waals surface area contributed by atoms with Gasteiger partial charge < -0.3 is 10.4 Å². The third kappa shape index (κ3) is 2.40. The van der Waals surface area contributed by atoms with Gasteiger partial charge in [-0.05, 0) is 44.7 Å². The van der Waals surface area contributed by atoms with E-state index in [0.29, 0.717) is 5.92 Å². The molecule has 0 radical (unpaired) electrons. The average molecular weight is 237 g/mol. The maximum Gasteiger partial charge on any atom is 0.337 e. The molecule has 0 saturated heterocycles. The van der Waals surface area contributed by atoms with Crippen molar-refractivity contribution >= 4 is 11.7 Å². The highest BCUT2D eigenvalue weighted by molar-refractivity contribution is 5.94. The van der Waals surface area contributed by atoms with E-state index in [1.807, 2.05) is 13.8 Å². The summed E-state index contributed by atoms with van der Waals surface area (Å²) < 4.78 is 13.7. The first-order chi connectivity index (χ1) is 7.92. The zero-order chi connectivity index (χ0) is 12.6. The molecule has 1 fully saturated rings. The number of para-hydroxylation sites is 1. The van der Waals surface area contributed by atoms with Crippen LogP contribution in [0.4, 0.5) is 10.1 Å². The molecule has 0 unspecified atom stereocenters. The Bertz CT molecular complexity index is 453. The molecule has 3 nitrogen and oxygen atoms in total. The van der Waals surface area contributed by atoms with E-state index in [-0.39, 0.29) is 16.8 Å². The molecule has 4 heteroatoms. The fourth-order valence-electron chi connectivity index (χ4n) is 2.06. The lowest BCUT2D eigenvalue weighted by Crippen LogP contribution is -2.34. The van der Waals surface area contributed by atoms with Crippen molar-refractivity contribution < 1.29 is 14.3 Å². The van der Waals surface area contributed by atoms with Crippen LogP contribution < -0.4 is 5.32 Å². The quantitative estimate of drug-likeness (QED) is 0.845. The summed E-state index contributed by atoms with van der Waals surface area (Å²) in [4.78, 5) is 11.0. The van der Waals surface area contributed by atoms with Crippen LogP contribution in [0.1, 0.15) is 37.0 Å². The summed E-state index contributed by atoms with van der Waals surface area (Å²) in [5.41, 5.74) is -0.192. The van der Waals surface area contributed by atoms with Crippen molar-refractivity contribution in [2.45, 2.75) is 32.2 Å². The number of rotatable bonds is 4. The van der Waals surface area contributed by atoms with Crippen LogP contribution in [0.5, 0.6) is 0 Å². The van der Waals surface area contributed by atoms with Crippen molar-refractivity contribution in [1.82, 2.24) is 0 Å². The van der Waals surface area contributed by atoms with Crippen LogP contribution in [0.2, 0.25) is 0 Å². The zero-order valence-electron chi connectivity index (χ0n) is 9.96. The maximum absolute atomic E-state index is 13.7. The number of carbonyl (C=O) groups is 1. The largest absolute Gasteiger partial charge is 0.478 e. The van der Waals surface area contributed by atoms with Gasteiger partial charge in [0.25, 0.3) is 0 Å². The predicted octanol–water partition coefficient (Wildman–Crippen LogP) is 3.12. The van der Waals surface area contributed by atoms with Crippen LogP contribution in [-0.2, 0) is 0 Å². The van der Waals surface area contributed by atoms with E-state index < -0.39 is 11.8 Å². The van der Waals surface area contributed by atoms with Gasteiger partial charge in [-0.3, -0.25) is 0 Å². The second-order valence-corrected chi connectivity index (χ2v) is 5.09. The SMILES string of the molecule is CC(C)(Nc1c(F)cccc1C(=O)O)C1CC1.